The molecule has 0 radical (unpaired) electrons. The minimum Gasteiger partial charge on any atom is -0.319 e. The lowest BCUT2D eigenvalue weighted by Gasteiger charge is -2.04. The fraction of sp³-hybridized carbons (Fsp3) is 0.111. The summed E-state index contributed by atoms with van der Waals surface area (Å²) in [5.74, 6) is -0.618. The largest absolute Gasteiger partial charge is 0.319 e. The highest BCUT2D eigenvalue weighted by Crippen LogP contribution is 2.32. The van der Waals surface area contributed by atoms with Crippen LogP contribution in [0.3, 0.4) is 0 Å². The Morgan fingerprint density at radius 3 is 2.88 bits per heavy atom. The summed E-state index contributed by atoms with van der Waals surface area (Å²) in [6.07, 6.45) is -0.371. The lowest BCUT2D eigenvalue weighted by atomic mass is 10.2. The van der Waals surface area contributed by atoms with Crippen molar-refractivity contribution < 1.29 is 9.72 Å². The standard InChI is InChI=1S/C9H6ClN3O3/c10-6-2-1-3-7(9(6)13(15)16)12-8(14)4-5-11/h1-3H,4H2,(H,12,14). The monoisotopic (exact) mass is 239 g/mol. The Morgan fingerprint density at radius 1 is 1.62 bits per heavy atom. The van der Waals surface area contributed by atoms with E-state index in [1.54, 1.807) is 6.07 Å². The van der Waals surface area contributed by atoms with Gasteiger partial charge in [-0.2, -0.15) is 5.26 Å². The number of nitro groups is 1. The summed E-state index contributed by atoms with van der Waals surface area (Å²) in [4.78, 5) is 21.1. The van der Waals surface area contributed by atoms with Crippen LogP contribution in [-0.4, -0.2) is 10.8 Å². The molecule has 0 saturated heterocycles. The van der Waals surface area contributed by atoms with Gasteiger partial charge in [0.2, 0.25) is 5.91 Å². The Hall–Kier alpha value is -2.13. The SMILES string of the molecule is N#CCC(=O)Nc1cccc(Cl)c1[N+](=O)[O-]. The van der Waals surface area contributed by atoms with E-state index in [4.69, 9.17) is 16.9 Å². The molecule has 1 aromatic carbocycles. The van der Waals surface area contributed by atoms with Gasteiger partial charge >= 0.3 is 5.69 Å². The molecule has 1 amide bonds. The topological polar surface area (TPSA) is 96.0 Å². The van der Waals surface area contributed by atoms with Crippen LogP contribution in [-0.2, 0) is 4.79 Å². The predicted octanol–water partition coefficient (Wildman–Crippen LogP) is 2.10. The first kappa shape index (κ1) is 11.9. The zero-order valence-corrected chi connectivity index (χ0v) is 8.69. The quantitative estimate of drug-likeness (QED) is 0.645. The van der Waals surface area contributed by atoms with Gasteiger partial charge in [0.1, 0.15) is 17.1 Å². The number of anilines is 1. The Bertz CT molecular complexity index is 481. The molecule has 0 aliphatic heterocycles. The highest BCUT2D eigenvalue weighted by Gasteiger charge is 2.19. The van der Waals surface area contributed by atoms with E-state index in [9.17, 15) is 14.9 Å². The molecule has 0 aliphatic carbocycles. The van der Waals surface area contributed by atoms with Crippen molar-refractivity contribution in [1.82, 2.24) is 0 Å². The maximum Gasteiger partial charge on any atom is 0.311 e. The maximum atomic E-state index is 11.1. The Labute approximate surface area is 95.6 Å². The van der Waals surface area contributed by atoms with Crippen molar-refractivity contribution in [3.05, 3.63) is 33.3 Å². The third-order valence-electron chi connectivity index (χ3n) is 1.68. The van der Waals surface area contributed by atoms with Gasteiger partial charge in [0, 0.05) is 0 Å². The van der Waals surface area contributed by atoms with Crippen LogP contribution >= 0.6 is 11.6 Å². The zero-order chi connectivity index (χ0) is 12.1. The highest BCUT2D eigenvalue weighted by atomic mass is 35.5. The van der Waals surface area contributed by atoms with Crippen molar-refractivity contribution in [3.8, 4) is 6.07 Å². The second-order valence-corrected chi connectivity index (χ2v) is 3.18. The van der Waals surface area contributed by atoms with E-state index in [1.165, 1.54) is 18.2 Å². The molecule has 0 bridgehead atoms. The van der Waals surface area contributed by atoms with Gasteiger partial charge in [0.05, 0.1) is 11.0 Å². The number of nitriles is 1. The Morgan fingerprint density at radius 2 is 2.31 bits per heavy atom. The number of nitrogens with zero attached hydrogens (tertiary/aromatic N) is 2. The van der Waals surface area contributed by atoms with Gasteiger partial charge in [-0.3, -0.25) is 14.9 Å². The molecule has 0 fully saturated rings. The van der Waals surface area contributed by atoms with Crippen LogP contribution in [0, 0.1) is 21.4 Å². The molecule has 1 N–H and O–H groups in total. The summed E-state index contributed by atoms with van der Waals surface area (Å²) in [6, 6.07) is 5.80. The van der Waals surface area contributed by atoms with Crippen LogP contribution in [0.2, 0.25) is 5.02 Å². The molecular weight excluding hydrogens is 234 g/mol. The molecule has 16 heavy (non-hydrogen) atoms. The van der Waals surface area contributed by atoms with E-state index in [-0.39, 0.29) is 22.8 Å². The van der Waals surface area contributed by atoms with Crippen molar-refractivity contribution in [3.63, 3.8) is 0 Å². The molecule has 0 heterocycles. The number of para-hydroxylation sites is 1. The second-order valence-electron chi connectivity index (χ2n) is 2.78. The highest BCUT2D eigenvalue weighted by molar-refractivity contribution is 6.33. The number of benzene rings is 1. The van der Waals surface area contributed by atoms with E-state index >= 15 is 0 Å². The van der Waals surface area contributed by atoms with E-state index in [1.807, 2.05) is 0 Å². The van der Waals surface area contributed by atoms with Gasteiger partial charge in [-0.05, 0) is 12.1 Å². The Balaban J connectivity index is 3.05. The molecule has 0 atom stereocenters. The maximum absolute atomic E-state index is 11.1. The molecule has 7 heteroatoms. The summed E-state index contributed by atoms with van der Waals surface area (Å²) in [5.41, 5.74) is -0.395. The van der Waals surface area contributed by atoms with Crippen LogP contribution < -0.4 is 5.32 Å². The van der Waals surface area contributed by atoms with Crippen molar-refractivity contribution in [2.75, 3.05) is 5.32 Å². The first-order valence-electron chi connectivity index (χ1n) is 4.16. The lowest BCUT2D eigenvalue weighted by molar-refractivity contribution is -0.383. The molecule has 0 aromatic heterocycles. The average molecular weight is 240 g/mol. The van der Waals surface area contributed by atoms with Gasteiger partial charge in [-0.1, -0.05) is 17.7 Å². The third kappa shape index (κ3) is 2.68. The fourth-order valence-electron chi connectivity index (χ4n) is 1.07. The number of rotatable bonds is 3. The normalized spacial score (nSPS) is 9.25. The van der Waals surface area contributed by atoms with Crippen molar-refractivity contribution in [2.45, 2.75) is 6.42 Å². The van der Waals surface area contributed by atoms with Gasteiger partial charge in [0.15, 0.2) is 0 Å². The molecule has 1 rings (SSSR count). The van der Waals surface area contributed by atoms with E-state index in [0.29, 0.717) is 0 Å². The number of hydrogen-bond donors (Lipinski definition) is 1. The smallest absolute Gasteiger partial charge is 0.311 e. The van der Waals surface area contributed by atoms with Crippen LogP contribution in [0.25, 0.3) is 0 Å². The predicted molar refractivity (Wildman–Crippen MR) is 57.0 cm³/mol. The molecule has 6 nitrogen and oxygen atoms in total. The lowest BCUT2D eigenvalue weighted by Crippen LogP contribution is -2.11. The minimum atomic E-state index is -0.690. The van der Waals surface area contributed by atoms with Gasteiger partial charge in [-0.25, -0.2) is 0 Å². The van der Waals surface area contributed by atoms with Gasteiger partial charge < -0.3 is 5.32 Å². The van der Waals surface area contributed by atoms with Crippen molar-refractivity contribution in [1.29, 1.82) is 5.26 Å². The fourth-order valence-corrected chi connectivity index (χ4v) is 1.31. The Kier molecular flexibility index (Phi) is 3.80. The molecule has 82 valence electrons. The summed E-state index contributed by atoms with van der Waals surface area (Å²) in [5, 5.41) is 21.1. The van der Waals surface area contributed by atoms with E-state index in [2.05, 4.69) is 5.32 Å². The second kappa shape index (κ2) is 5.09. The number of nitrogens with one attached hydrogen (secondary N) is 1. The first-order chi connectivity index (χ1) is 7.56. The first-order valence-corrected chi connectivity index (χ1v) is 4.53. The molecule has 0 unspecified atom stereocenters. The number of carbonyl (C=O) groups excluding carboxylic acids is 1. The van der Waals surface area contributed by atoms with Crippen LogP contribution in [0.1, 0.15) is 6.42 Å². The number of amides is 1. The number of halogens is 1. The van der Waals surface area contributed by atoms with Crippen LogP contribution in [0.5, 0.6) is 0 Å². The number of carbonyl (C=O) groups is 1. The summed E-state index contributed by atoms with van der Waals surface area (Å²) in [7, 11) is 0. The van der Waals surface area contributed by atoms with Crippen molar-refractivity contribution >= 4 is 28.9 Å². The minimum absolute atomic E-state index is 0.0160. The number of hydrogen-bond acceptors (Lipinski definition) is 4. The van der Waals surface area contributed by atoms with E-state index < -0.39 is 10.8 Å². The average Bonchev–Trinajstić information content (AvgIpc) is 2.17. The zero-order valence-electron chi connectivity index (χ0n) is 7.94. The molecule has 1 aromatic rings. The molecule has 0 saturated carbocycles. The molecular formula is C9H6ClN3O3. The van der Waals surface area contributed by atoms with Crippen molar-refractivity contribution in [2.24, 2.45) is 0 Å². The third-order valence-corrected chi connectivity index (χ3v) is 1.99. The van der Waals surface area contributed by atoms with E-state index in [0.717, 1.165) is 0 Å². The summed E-state index contributed by atoms with van der Waals surface area (Å²) >= 11 is 5.63. The molecule has 0 aliphatic rings. The van der Waals surface area contributed by atoms with Gasteiger partial charge in [0.25, 0.3) is 0 Å². The van der Waals surface area contributed by atoms with Gasteiger partial charge in [-0.15, -0.1) is 0 Å². The van der Waals surface area contributed by atoms with Crippen LogP contribution in [0.4, 0.5) is 11.4 Å². The number of nitro benzene ring substituents is 1. The summed E-state index contributed by atoms with van der Waals surface area (Å²) < 4.78 is 0. The van der Waals surface area contributed by atoms with Crippen LogP contribution in [0.15, 0.2) is 18.2 Å². The summed E-state index contributed by atoms with van der Waals surface area (Å²) in [6.45, 7) is 0. The molecule has 0 spiro atoms.